The fraction of sp³-hybridized carbons (Fsp3) is 0.692. The third-order valence-electron chi connectivity index (χ3n) is 3.97. The summed E-state index contributed by atoms with van der Waals surface area (Å²) in [5.74, 6) is 0.465. The zero-order valence-corrected chi connectivity index (χ0v) is 12.4. The van der Waals surface area contributed by atoms with Crippen molar-refractivity contribution >= 4 is 23.5 Å². The van der Waals surface area contributed by atoms with E-state index in [4.69, 9.17) is 4.98 Å². The molecular weight excluding hydrogens is 264 g/mol. The van der Waals surface area contributed by atoms with Crippen molar-refractivity contribution in [3.05, 3.63) is 15.9 Å². The highest BCUT2D eigenvalue weighted by molar-refractivity contribution is 8.00. The largest absolute Gasteiger partial charge is 0.288 e. The minimum Gasteiger partial charge on any atom is -0.288 e. The number of hydrogen-bond acceptors (Lipinski definition) is 4. The number of fused-ring (bicyclic) bond motifs is 3. The number of rotatable bonds is 2. The lowest BCUT2D eigenvalue weighted by Crippen LogP contribution is -2.29. The van der Waals surface area contributed by atoms with Gasteiger partial charge in [0.2, 0.25) is 0 Å². The molecule has 1 aliphatic carbocycles. The highest BCUT2D eigenvalue weighted by Gasteiger charge is 2.39. The van der Waals surface area contributed by atoms with E-state index in [1.54, 1.807) is 11.8 Å². The van der Waals surface area contributed by atoms with E-state index in [2.05, 4.69) is 0 Å². The first kappa shape index (κ1) is 12.6. The normalized spacial score (nSPS) is 25.9. The van der Waals surface area contributed by atoms with Crippen molar-refractivity contribution in [3.63, 3.8) is 0 Å². The fourth-order valence-corrected chi connectivity index (χ4v) is 5.27. The Balaban J connectivity index is 2.14. The summed E-state index contributed by atoms with van der Waals surface area (Å²) in [6.45, 7) is 2.74. The molecule has 1 aliphatic heterocycles. The van der Waals surface area contributed by atoms with Crippen molar-refractivity contribution in [2.75, 3.05) is 6.26 Å². The van der Waals surface area contributed by atoms with Crippen LogP contribution in [0.3, 0.4) is 0 Å². The lowest BCUT2D eigenvalue weighted by Gasteiger charge is -2.23. The zero-order chi connectivity index (χ0) is 12.7. The van der Waals surface area contributed by atoms with Gasteiger partial charge in [0.25, 0.3) is 5.56 Å². The van der Waals surface area contributed by atoms with Gasteiger partial charge in [-0.15, -0.1) is 11.8 Å². The van der Waals surface area contributed by atoms with E-state index in [1.807, 2.05) is 29.5 Å². The molecule has 2 atom stereocenters. The highest BCUT2D eigenvalue weighted by Crippen LogP contribution is 2.49. The molecular formula is C13H18N2OS2. The minimum absolute atomic E-state index is 0.216. The van der Waals surface area contributed by atoms with Gasteiger partial charge in [0.05, 0.1) is 5.56 Å². The molecule has 1 aromatic heterocycles. The Bertz CT molecular complexity index is 526. The van der Waals surface area contributed by atoms with Crippen LogP contribution in [0.4, 0.5) is 0 Å². The van der Waals surface area contributed by atoms with Gasteiger partial charge in [-0.25, -0.2) is 4.98 Å². The molecule has 1 saturated carbocycles. The molecule has 0 amide bonds. The van der Waals surface area contributed by atoms with Crippen LogP contribution in [0.5, 0.6) is 0 Å². The summed E-state index contributed by atoms with van der Waals surface area (Å²) in [5, 5.41) is 2.50. The van der Waals surface area contributed by atoms with Crippen molar-refractivity contribution in [2.45, 2.75) is 60.5 Å². The first-order valence-electron chi connectivity index (χ1n) is 6.61. The van der Waals surface area contributed by atoms with Crippen LogP contribution in [0.2, 0.25) is 0 Å². The first-order valence-corrected chi connectivity index (χ1v) is 8.72. The maximum Gasteiger partial charge on any atom is 0.258 e. The van der Waals surface area contributed by atoms with Gasteiger partial charge < -0.3 is 0 Å². The van der Waals surface area contributed by atoms with Crippen LogP contribution in [0.15, 0.2) is 15.0 Å². The summed E-state index contributed by atoms with van der Waals surface area (Å²) >= 11 is 3.42. The van der Waals surface area contributed by atoms with Gasteiger partial charge in [-0.1, -0.05) is 24.6 Å². The average molecular weight is 282 g/mol. The fourth-order valence-electron chi connectivity index (χ4n) is 3.08. The van der Waals surface area contributed by atoms with E-state index in [0.29, 0.717) is 11.2 Å². The average Bonchev–Trinajstić information content (AvgIpc) is 2.76. The summed E-state index contributed by atoms with van der Waals surface area (Å²) in [5.41, 5.74) is 1.23. The minimum atomic E-state index is 0.216. The highest BCUT2D eigenvalue weighted by atomic mass is 32.2. The molecule has 3 nitrogen and oxygen atoms in total. The smallest absolute Gasteiger partial charge is 0.258 e. The van der Waals surface area contributed by atoms with Gasteiger partial charge >= 0.3 is 0 Å². The molecule has 0 bridgehead atoms. The van der Waals surface area contributed by atoms with Crippen molar-refractivity contribution in [1.82, 2.24) is 9.55 Å². The summed E-state index contributed by atoms with van der Waals surface area (Å²) < 4.78 is 1.83. The molecule has 3 rings (SSSR count). The van der Waals surface area contributed by atoms with Crippen LogP contribution in [0, 0.1) is 0 Å². The Morgan fingerprint density at radius 2 is 2.22 bits per heavy atom. The second-order valence-electron chi connectivity index (χ2n) is 4.91. The second kappa shape index (κ2) is 4.93. The van der Waals surface area contributed by atoms with E-state index in [-0.39, 0.29) is 5.56 Å². The monoisotopic (exact) mass is 282 g/mol. The number of aromatic nitrogens is 2. The summed E-state index contributed by atoms with van der Waals surface area (Å²) in [4.78, 5) is 17.3. The standard InChI is InChI=1S/C13H18N2OS2/c1-3-15-12(16)10-8-6-4-5-7-9(8)18-11(10)14-13(15)17-2/h8-9H,3-7H2,1-2H3. The van der Waals surface area contributed by atoms with Crippen LogP contribution in [0.1, 0.15) is 44.1 Å². The Morgan fingerprint density at radius 1 is 1.44 bits per heavy atom. The maximum atomic E-state index is 12.6. The molecule has 18 heavy (non-hydrogen) atoms. The molecule has 2 unspecified atom stereocenters. The molecule has 0 radical (unpaired) electrons. The van der Waals surface area contributed by atoms with Crippen molar-refractivity contribution < 1.29 is 0 Å². The van der Waals surface area contributed by atoms with Crippen molar-refractivity contribution in [3.8, 4) is 0 Å². The van der Waals surface area contributed by atoms with E-state index < -0.39 is 0 Å². The molecule has 2 aliphatic rings. The molecule has 0 saturated heterocycles. The quantitative estimate of drug-likeness (QED) is 0.474. The molecule has 1 fully saturated rings. The third kappa shape index (κ3) is 1.83. The molecule has 1 aromatic rings. The molecule has 0 aromatic carbocycles. The van der Waals surface area contributed by atoms with Gasteiger partial charge in [-0.2, -0.15) is 0 Å². The molecule has 0 N–H and O–H groups in total. The van der Waals surface area contributed by atoms with E-state index >= 15 is 0 Å². The van der Waals surface area contributed by atoms with Crippen LogP contribution < -0.4 is 5.56 Å². The maximum absolute atomic E-state index is 12.6. The van der Waals surface area contributed by atoms with Crippen LogP contribution in [0.25, 0.3) is 0 Å². The Kier molecular flexibility index (Phi) is 3.45. The molecule has 98 valence electrons. The van der Waals surface area contributed by atoms with Crippen molar-refractivity contribution in [1.29, 1.82) is 0 Å². The third-order valence-corrected chi connectivity index (χ3v) is 6.05. The predicted octanol–water partition coefficient (Wildman–Crippen LogP) is 3.12. The van der Waals surface area contributed by atoms with Crippen LogP contribution in [-0.4, -0.2) is 21.1 Å². The van der Waals surface area contributed by atoms with Gasteiger partial charge in [-0.3, -0.25) is 9.36 Å². The van der Waals surface area contributed by atoms with E-state index in [1.165, 1.54) is 25.7 Å². The lowest BCUT2D eigenvalue weighted by molar-refractivity contribution is 0.450. The van der Waals surface area contributed by atoms with E-state index in [0.717, 1.165) is 22.3 Å². The van der Waals surface area contributed by atoms with Crippen LogP contribution >= 0.6 is 23.5 Å². The van der Waals surface area contributed by atoms with Crippen molar-refractivity contribution in [2.24, 2.45) is 0 Å². The Labute approximate surface area is 116 Å². The topological polar surface area (TPSA) is 34.9 Å². The Morgan fingerprint density at radius 3 is 2.94 bits per heavy atom. The predicted molar refractivity (Wildman–Crippen MR) is 76.8 cm³/mol. The van der Waals surface area contributed by atoms with Gasteiger partial charge in [0, 0.05) is 17.7 Å². The van der Waals surface area contributed by atoms with Gasteiger partial charge in [-0.05, 0) is 26.0 Å². The number of hydrogen-bond donors (Lipinski definition) is 0. The SMILES string of the molecule is CCn1c(SC)nc2c(c1=O)C1CCCCC1S2. The van der Waals surface area contributed by atoms with Gasteiger partial charge in [0.15, 0.2) is 5.16 Å². The molecule has 2 heterocycles. The summed E-state index contributed by atoms with van der Waals surface area (Å²) in [6, 6.07) is 0. The second-order valence-corrected chi connectivity index (χ2v) is 6.92. The first-order chi connectivity index (χ1) is 8.76. The molecule has 5 heteroatoms. The van der Waals surface area contributed by atoms with Gasteiger partial charge in [0.1, 0.15) is 5.03 Å². The Hall–Kier alpha value is -0.420. The van der Waals surface area contributed by atoms with Crippen LogP contribution in [-0.2, 0) is 6.54 Å². The number of thioether (sulfide) groups is 2. The molecule has 0 spiro atoms. The number of nitrogens with zero attached hydrogens (tertiary/aromatic N) is 2. The summed E-state index contributed by atoms with van der Waals surface area (Å²) in [7, 11) is 0. The lowest BCUT2D eigenvalue weighted by atomic mass is 9.85. The zero-order valence-electron chi connectivity index (χ0n) is 10.8. The van der Waals surface area contributed by atoms with E-state index in [9.17, 15) is 4.79 Å². The summed E-state index contributed by atoms with van der Waals surface area (Å²) in [6.07, 6.45) is 6.97.